The third kappa shape index (κ3) is 6.26. The van der Waals surface area contributed by atoms with Crippen molar-refractivity contribution in [3.05, 3.63) is 0 Å². The van der Waals surface area contributed by atoms with Crippen LogP contribution in [-0.2, 0) is 13.6 Å². The van der Waals surface area contributed by atoms with Gasteiger partial charge in [-0.3, -0.25) is 4.79 Å². The zero-order valence-electron chi connectivity index (χ0n) is 16.7. The van der Waals surface area contributed by atoms with Gasteiger partial charge in [0.2, 0.25) is 0 Å². The van der Waals surface area contributed by atoms with Crippen molar-refractivity contribution >= 4 is 22.4 Å². The summed E-state index contributed by atoms with van der Waals surface area (Å²) in [6.45, 7) is 24.4. The van der Waals surface area contributed by atoms with Gasteiger partial charge in [0, 0.05) is 13.0 Å². The summed E-state index contributed by atoms with van der Waals surface area (Å²) in [4.78, 5) is 12.0. The Kier molecular flexibility index (Phi) is 7.29. The van der Waals surface area contributed by atoms with Crippen LogP contribution >= 0.6 is 0 Å². The zero-order valence-corrected chi connectivity index (χ0v) is 18.7. The Morgan fingerprint density at radius 2 is 1.32 bits per heavy atom. The molecule has 3 nitrogen and oxygen atoms in total. The fraction of sp³-hybridized carbons (Fsp3) is 0.941. The van der Waals surface area contributed by atoms with Crippen LogP contribution in [0.2, 0.25) is 36.3 Å². The molecule has 5 heteroatoms. The summed E-state index contributed by atoms with van der Waals surface area (Å²) >= 11 is 0. The summed E-state index contributed by atoms with van der Waals surface area (Å²) in [5, 5.41) is 0.306. The molecule has 1 atom stereocenters. The molecule has 0 radical (unpaired) electrons. The molecular weight excluding hydrogens is 308 g/mol. The van der Waals surface area contributed by atoms with Crippen LogP contribution in [0.5, 0.6) is 0 Å². The van der Waals surface area contributed by atoms with E-state index in [9.17, 15) is 4.79 Å². The molecule has 0 aliphatic heterocycles. The molecule has 0 aromatic heterocycles. The van der Waals surface area contributed by atoms with Gasteiger partial charge in [-0.2, -0.15) is 0 Å². The summed E-state index contributed by atoms with van der Waals surface area (Å²) in [5.41, 5.74) is 0. The first kappa shape index (κ1) is 22.0. The maximum Gasteiger partial charge on any atom is 0.193 e. The van der Waals surface area contributed by atoms with E-state index in [0.29, 0.717) is 13.0 Å². The van der Waals surface area contributed by atoms with E-state index in [1.165, 1.54) is 0 Å². The van der Waals surface area contributed by atoms with Gasteiger partial charge < -0.3 is 8.85 Å². The first-order valence-corrected chi connectivity index (χ1v) is 14.2. The standard InChI is InChI=1S/C17H38O3Si2/c1-14(18)15(20-22(10,11)17(5,6)7)12-13-19-21(8,9)16(2,3)4/h15H,12-13H2,1-11H3/t15-/m0/s1. The molecule has 0 aliphatic rings. The topological polar surface area (TPSA) is 35.5 Å². The van der Waals surface area contributed by atoms with Crippen molar-refractivity contribution in [3.63, 3.8) is 0 Å². The average Bonchev–Trinajstić information content (AvgIpc) is 2.23. The molecule has 0 aromatic rings. The van der Waals surface area contributed by atoms with Crippen LogP contribution in [0.4, 0.5) is 0 Å². The zero-order chi connectivity index (χ0) is 18.0. The fourth-order valence-corrected chi connectivity index (χ4v) is 3.93. The molecule has 0 saturated heterocycles. The second kappa shape index (κ2) is 7.28. The van der Waals surface area contributed by atoms with Crippen LogP contribution in [0, 0.1) is 0 Å². The highest BCUT2D eigenvalue weighted by Gasteiger charge is 2.41. The molecule has 22 heavy (non-hydrogen) atoms. The lowest BCUT2D eigenvalue weighted by Crippen LogP contribution is -2.46. The van der Waals surface area contributed by atoms with Gasteiger partial charge in [0.05, 0.1) is 0 Å². The van der Waals surface area contributed by atoms with E-state index < -0.39 is 16.6 Å². The van der Waals surface area contributed by atoms with Crippen LogP contribution in [0.1, 0.15) is 54.9 Å². The highest BCUT2D eigenvalue weighted by atomic mass is 28.4. The quantitative estimate of drug-likeness (QED) is 0.581. The lowest BCUT2D eigenvalue weighted by Gasteiger charge is -2.39. The van der Waals surface area contributed by atoms with Crippen LogP contribution in [0.15, 0.2) is 0 Å². The van der Waals surface area contributed by atoms with Crippen molar-refractivity contribution in [1.82, 2.24) is 0 Å². The van der Waals surface area contributed by atoms with Gasteiger partial charge in [0.25, 0.3) is 0 Å². The second-order valence-corrected chi connectivity index (χ2v) is 18.9. The molecule has 0 saturated carbocycles. The largest absolute Gasteiger partial charge is 0.417 e. The predicted molar refractivity (Wildman–Crippen MR) is 101 cm³/mol. The smallest absolute Gasteiger partial charge is 0.193 e. The van der Waals surface area contributed by atoms with Gasteiger partial charge in [-0.15, -0.1) is 0 Å². The lowest BCUT2D eigenvalue weighted by molar-refractivity contribution is -0.124. The average molecular weight is 347 g/mol. The van der Waals surface area contributed by atoms with E-state index in [4.69, 9.17) is 8.85 Å². The minimum atomic E-state index is -1.93. The van der Waals surface area contributed by atoms with Crippen molar-refractivity contribution in [2.24, 2.45) is 0 Å². The van der Waals surface area contributed by atoms with Crippen LogP contribution in [0.25, 0.3) is 0 Å². The monoisotopic (exact) mass is 346 g/mol. The molecule has 132 valence electrons. The molecule has 0 amide bonds. The summed E-state index contributed by atoms with van der Waals surface area (Å²) in [7, 11) is -3.69. The molecule has 0 aliphatic carbocycles. The van der Waals surface area contributed by atoms with Crippen molar-refractivity contribution in [2.45, 2.75) is 97.3 Å². The molecule has 0 N–H and O–H groups in total. The summed E-state index contributed by atoms with van der Waals surface area (Å²) in [6, 6.07) is 0. The van der Waals surface area contributed by atoms with E-state index in [1.54, 1.807) is 6.92 Å². The molecule has 0 rings (SSSR count). The first-order valence-electron chi connectivity index (χ1n) is 8.33. The van der Waals surface area contributed by atoms with E-state index in [0.717, 1.165) is 0 Å². The molecule has 0 heterocycles. The Bertz CT molecular complexity index is 376. The molecule has 0 spiro atoms. The number of ketones is 1. The molecule has 0 unspecified atom stereocenters. The van der Waals surface area contributed by atoms with Crippen LogP contribution in [0.3, 0.4) is 0 Å². The van der Waals surface area contributed by atoms with Gasteiger partial charge in [-0.1, -0.05) is 41.5 Å². The second-order valence-electron chi connectivity index (χ2n) is 9.37. The van der Waals surface area contributed by atoms with E-state index >= 15 is 0 Å². The normalized spacial score (nSPS) is 15.8. The number of hydrogen-bond acceptors (Lipinski definition) is 3. The lowest BCUT2D eigenvalue weighted by atomic mass is 10.2. The number of Topliss-reactive ketones (excluding diaryl/α,β-unsaturated/α-hetero) is 1. The number of hydrogen-bond donors (Lipinski definition) is 0. The third-order valence-corrected chi connectivity index (χ3v) is 14.4. The Balaban J connectivity index is 4.74. The minimum absolute atomic E-state index is 0.112. The maximum atomic E-state index is 12.0. The molecule has 0 fully saturated rings. The minimum Gasteiger partial charge on any atom is -0.417 e. The van der Waals surface area contributed by atoms with Crippen molar-refractivity contribution < 1.29 is 13.6 Å². The predicted octanol–water partition coefficient (Wildman–Crippen LogP) is 5.38. The number of carbonyl (C=O) groups is 1. The third-order valence-electron chi connectivity index (χ3n) is 5.35. The van der Waals surface area contributed by atoms with Gasteiger partial charge in [-0.05, 0) is 43.2 Å². The van der Waals surface area contributed by atoms with Crippen molar-refractivity contribution in [3.8, 4) is 0 Å². The Morgan fingerprint density at radius 1 is 0.909 bits per heavy atom. The molecule has 0 aromatic carbocycles. The van der Waals surface area contributed by atoms with Crippen molar-refractivity contribution in [1.29, 1.82) is 0 Å². The highest BCUT2D eigenvalue weighted by molar-refractivity contribution is 6.74. The van der Waals surface area contributed by atoms with Gasteiger partial charge in [0.15, 0.2) is 22.4 Å². The van der Waals surface area contributed by atoms with Crippen LogP contribution in [-0.4, -0.2) is 35.1 Å². The van der Waals surface area contributed by atoms with Gasteiger partial charge >= 0.3 is 0 Å². The summed E-state index contributed by atoms with van der Waals surface area (Å²) < 4.78 is 12.5. The van der Waals surface area contributed by atoms with Crippen molar-refractivity contribution in [2.75, 3.05) is 6.61 Å². The Hall–Kier alpha value is 0.0238. The molecule has 0 bridgehead atoms. The van der Waals surface area contributed by atoms with Crippen LogP contribution < -0.4 is 0 Å². The summed E-state index contributed by atoms with van der Waals surface area (Å²) in [6.07, 6.45) is 0.333. The maximum absolute atomic E-state index is 12.0. The first-order chi connectivity index (χ1) is 9.51. The molecular formula is C17H38O3Si2. The van der Waals surface area contributed by atoms with E-state index in [1.807, 2.05) is 0 Å². The van der Waals surface area contributed by atoms with E-state index in [-0.39, 0.29) is 22.0 Å². The summed E-state index contributed by atoms with van der Waals surface area (Å²) in [5.74, 6) is 0.114. The van der Waals surface area contributed by atoms with E-state index in [2.05, 4.69) is 67.7 Å². The number of carbonyl (C=O) groups excluding carboxylic acids is 1. The SMILES string of the molecule is CC(=O)[C@H](CCO[Si](C)(C)C(C)(C)C)O[Si](C)(C)C(C)(C)C. The Labute approximate surface area is 140 Å². The highest BCUT2D eigenvalue weighted by Crippen LogP contribution is 2.38. The van der Waals surface area contributed by atoms with Gasteiger partial charge in [-0.25, -0.2) is 0 Å². The fourth-order valence-electron chi connectivity index (χ4n) is 1.52. The Morgan fingerprint density at radius 3 is 1.64 bits per heavy atom. The number of rotatable bonds is 7. The van der Waals surface area contributed by atoms with Gasteiger partial charge in [0.1, 0.15) is 6.10 Å².